The zero-order valence-corrected chi connectivity index (χ0v) is 15.1. The summed E-state index contributed by atoms with van der Waals surface area (Å²) in [6.07, 6.45) is 6.01. The van der Waals surface area contributed by atoms with Gasteiger partial charge in [-0.05, 0) is 17.7 Å². The van der Waals surface area contributed by atoms with Crippen LogP contribution in [0.3, 0.4) is 0 Å². The van der Waals surface area contributed by atoms with Crippen LogP contribution in [-0.4, -0.2) is 45.4 Å². The first kappa shape index (κ1) is 17.6. The van der Waals surface area contributed by atoms with Gasteiger partial charge in [-0.1, -0.05) is 23.7 Å². The van der Waals surface area contributed by atoms with Gasteiger partial charge < -0.3 is 15.4 Å². The summed E-state index contributed by atoms with van der Waals surface area (Å²) in [6, 6.07) is 7.63. The van der Waals surface area contributed by atoms with Crippen molar-refractivity contribution in [1.82, 2.24) is 25.1 Å². The summed E-state index contributed by atoms with van der Waals surface area (Å²) < 4.78 is 7.14. The molecule has 1 saturated heterocycles. The third-order valence-corrected chi connectivity index (χ3v) is 4.32. The molecule has 0 aliphatic carbocycles. The van der Waals surface area contributed by atoms with Gasteiger partial charge in [0.15, 0.2) is 0 Å². The first-order valence-electron chi connectivity index (χ1n) is 8.45. The van der Waals surface area contributed by atoms with Crippen molar-refractivity contribution in [2.24, 2.45) is 0 Å². The Kier molecular flexibility index (Phi) is 5.10. The maximum atomic E-state index is 12.4. The van der Waals surface area contributed by atoms with Gasteiger partial charge in [-0.25, -0.2) is 14.6 Å². The topological polar surface area (TPSA) is 94.0 Å². The summed E-state index contributed by atoms with van der Waals surface area (Å²) in [5.74, 6) is 0.0717. The molecule has 0 radical (unpaired) electrons. The third kappa shape index (κ3) is 4.13. The Morgan fingerprint density at radius 1 is 1.22 bits per heavy atom. The van der Waals surface area contributed by atoms with E-state index in [1.165, 1.54) is 23.3 Å². The molecule has 1 amide bonds. The van der Waals surface area contributed by atoms with Crippen LogP contribution in [0.2, 0.25) is 5.02 Å². The predicted octanol–water partition coefficient (Wildman–Crippen LogP) is 2.23. The van der Waals surface area contributed by atoms with Crippen LogP contribution < -0.4 is 10.6 Å². The number of morpholine rings is 1. The first-order valence-corrected chi connectivity index (χ1v) is 8.83. The van der Waals surface area contributed by atoms with Crippen molar-refractivity contribution in [3.8, 4) is 5.95 Å². The van der Waals surface area contributed by atoms with E-state index in [1.807, 2.05) is 24.3 Å². The lowest BCUT2D eigenvalue weighted by Crippen LogP contribution is -2.33. The summed E-state index contributed by atoms with van der Waals surface area (Å²) in [7, 11) is 0. The van der Waals surface area contributed by atoms with Gasteiger partial charge in [0.05, 0.1) is 41.9 Å². The number of aromatic nitrogens is 4. The number of rotatable bonds is 4. The minimum Gasteiger partial charge on any atom is -0.371 e. The second-order valence-corrected chi connectivity index (χ2v) is 6.45. The van der Waals surface area contributed by atoms with E-state index in [-0.39, 0.29) is 12.0 Å². The molecular weight excluding hydrogens is 368 g/mol. The molecule has 2 aromatic heterocycles. The zero-order valence-electron chi connectivity index (χ0n) is 14.3. The smallest absolute Gasteiger partial charge is 0.258 e. The average Bonchev–Trinajstić information content (AvgIpc) is 3.20. The van der Waals surface area contributed by atoms with Gasteiger partial charge in [-0.2, -0.15) is 5.10 Å². The molecule has 2 N–H and O–H groups in total. The molecule has 1 aromatic carbocycles. The van der Waals surface area contributed by atoms with Crippen LogP contribution in [0.15, 0.2) is 49.1 Å². The molecular formula is C18H17ClN6O2. The van der Waals surface area contributed by atoms with Crippen molar-refractivity contribution in [3.63, 3.8) is 0 Å². The molecule has 3 aromatic rings. The number of ether oxygens (including phenoxy) is 1. The van der Waals surface area contributed by atoms with E-state index in [1.54, 1.807) is 6.20 Å². The summed E-state index contributed by atoms with van der Waals surface area (Å²) in [6.45, 7) is 2.36. The number of nitrogens with one attached hydrogen (secondary N) is 2. The number of nitrogens with zero attached hydrogens (tertiary/aromatic N) is 4. The van der Waals surface area contributed by atoms with Crippen LogP contribution in [0, 0.1) is 0 Å². The first-order chi connectivity index (χ1) is 13.2. The van der Waals surface area contributed by atoms with Crippen LogP contribution >= 0.6 is 11.6 Å². The molecule has 1 fully saturated rings. The number of anilines is 1. The van der Waals surface area contributed by atoms with Gasteiger partial charge in [0.2, 0.25) is 0 Å². The van der Waals surface area contributed by atoms with Crippen molar-refractivity contribution in [2.45, 2.75) is 6.10 Å². The van der Waals surface area contributed by atoms with E-state index in [0.29, 0.717) is 28.8 Å². The Balaban J connectivity index is 1.42. The van der Waals surface area contributed by atoms with Crippen molar-refractivity contribution >= 4 is 23.2 Å². The summed E-state index contributed by atoms with van der Waals surface area (Å²) in [5, 5.41) is 10.7. The van der Waals surface area contributed by atoms with Crippen LogP contribution in [-0.2, 0) is 4.74 Å². The summed E-state index contributed by atoms with van der Waals surface area (Å²) in [4.78, 5) is 20.6. The highest BCUT2D eigenvalue weighted by atomic mass is 35.5. The van der Waals surface area contributed by atoms with Crippen molar-refractivity contribution in [3.05, 3.63) is 65.2 Å². The maximum absolute atomic E-state index is 12.4. The Morgan fingerprint density at radius 2 is 2.00 bits per heavy atom. The molecule has 0 bridgehead atoms. The van der Waals surface area contributed by atoms with E-state index >= 15 is 0 Å². The van der Waals surface area contributed by atoms with Gasteiger partial charge in [0, 0.05) is 25.0 Å². The predicted molar refractivity (Wildman–Crippen MR) is 100 cm³/mol. The summed E-state index contributed by atoms with van der Waals surface area (Å²) >= 11 is 5.78. The highest BCUT2D eigenvalue weighted by molar-refractivity contribution is 6.30. The molecule has 27 heavy (non-hydrogen) atoms. The Hall–Kier alpha value is -2.81. The molecule has 3 heterocycles. The van der Waals surface area contributed by atoms with Gasteiger partial charge in [0.25, 0.3) is 11.9 Å². The molecule has 1 aliphatic heterocycles. The number of hydrogen-bond donors (Lipinski definition) is 2. The molecule has 0 saturated carbocycles. The largest absolute Gasteiger partial charge is 0.371 e. The SMILES string of the molecule is O=C(Nc1ccc(C2CNCCO2)cc1)c1cnn(-c2ncc(Cl)cn2)c1. The standard InChI is InChI=1S/C18H17ClN6O2/c19-14-8-21-18(22-9-14)25-11-13(7-23-25)17(26)24-15-3-1-12(2-4-15)16-10-20-5-6-27-16/h1-4,7-9,11,16,20H,5-6,10H2,(H,24,26). The number of carbonyl (C=O) groups excluding carboxylic acids is 1. The maximum Gasteiger partial charge on any atom is 0.258 e. The number of hydrogen-bond acceptors (Lipinski definition) is 6. The number of amides is 1. The van der Waals surface area contributed by atoms with Crippen molar-refractivity contribution in [2.75, 3.05) is 25.0 Å². The van der Waals surface area contributed by atoms with Crippen molar-refractivity contribution < 1.29 is 9.53 Å². The zero-order chi connectivity index (χ0) is 18.6. The fraction of sp³-hybridized carbons (Fsp3) is 0.222. The fourth-order valence-corrected chi connectivity index (χ4v) is 2.83. The molecule has 1 aliphatic rings. The molecule has 4 rings (SSSR count). The normalized spacial score (nSPS) is 16.9. The molecule has 1 unspecified atom stereocenters. The fourth-order valence-electron chi connectivity index (χ4n) is 2.74. The quantitative estimate of drug-likeness (QED) is 0.716. The second kappa shape index (κ2) is 7.83. The monoisotopic (exact) mass is 384 g/mol. The molecule has 138 valence electrons. The molecule has 8 nitrogen and oxygen atoms in total. The Bertz CT molecular complexity index is 920. The average molecular weight is 385 g/mol. The van der Waals surface area contributed by atoms with E-state index in [4.69, 9.17) is 16.3 Å². The molecule has 9 heteroatoms. The van der Waals surface area contributed by atoms with Gasteiger partial charge in [-0.3, -0.25) is 4.79 Å². The highest BCUT2D eigenvalue weighted by Crippen LogP contribution is 2.21. The van der Waals surface area contributed by atoms with Crippen LogP contribution in [0.1, 0.15) is 22.0 Å². The van der Waals surface area contributed by atoms with Gasteiger partial charge in [-0.15, -0.1) is 0 Å². The lowest BCUT2D eigenvalue weighted by Gasteiger charge is -2.24. The van der Waals surface area contributed by atoms with Crippen LogP contribution in [0.25, 0.3) is 5.95 Å². The van der Waals surface area contributed by atoms with Crippen molar-refractivity contribution in [1.29, 1.82) is 0 Å². The van der Waals surface area contributed by atoms with Crippen LogP contribution in [0.5, 0.6) is 0 Å². The minimum absolute atomic E-state index is 0.0427. The van der Waals surface area contributed by atoms with E-state index in [2.05, 4.69) is 25.7 Å². The minimum atomic E-state index is -0.265. The number of benzene rings is 1. The van der Waals surface area contributed by atoms with E-state index < -0.39 is 0 Å². The number of halogens is 1. The Labute approximate surface area is 160 Å². The van der Waals surface area contributed by atoms with E-state index in [9.17, 15) is 4.79 Å². The lowest BCUT2D eigenvalue weighted by atomic mass is 10.1. The molecule has 1 atom stereocenters. The highest BCUT2D eigenvalue weighted by Gasteiger charge is 2.16. The third-order valence-electron chi connectivity index (χ3n) is 4.12. The molecule has 0 spiro atoms. The lowest BCUT2D eigenvalue weighted by molar-refractivity contribution is 0.0277. The number of carbonyl (C=O) groups is 1. The Morgan fingerprint density at radius 3 is 2.70 bits per heavy atom. The van der Waals surface area contributed by atoms with E-state index in [0.717, 1.165) is 18.7 Å². The summed E-state index contributed by atoms with van der Waals surface area (Å²) in [5.41, 5.74) is 2.17. The van der Waals surface area contributed by atoms with Gasteiger partial charge in [0.1, 0.15) is 0 Å². The van der Waals surface area contributed by atoms with Crippen LogP contribution in [0.4, 0.5) is 5.69 Å². The van der Waals surface area contributed by atoms with Gasteiger partial charge >= 0.3 is 0 Å². The second-order valence-electron chi connectivity index (χ2n) is 6.01.